The predicted molar refractivity (Wildman–Crippen MR) is 429 cm³/mol. The van der Waals surface area contributed by atoms with Crippen LogP contribution in [0.1, 0.15) is 254 Å². The van der Waals surface area contributed by atoms with Crippen molar-refractivity contribution in [3.63, 3.8) is 0 Å². The monoisotopic (exact) mass is 1670 g/mol. The lowest BCUT2D eigenvalue weighted by atomic mass is 9.47. The summed E-state index contributed by atoms with van der Waals surface area (Å²) in [6, 6.07) is -1.97. The Morgan fingerprint density at radius 2 is 1.24 bits per heavy atom. The molecule has 4 heterocycles. The number of nitrogens with zero attached hydrogens (tertiary/aromatic N) is 2. The number of carbonyl (C=O) groups excluding carboxylic acids is 6. The quantitative estimate of drug-likeness (QED) is 0.0153. The Bertz CT molecular complexity index is 3110. The van der Waals surface area contributed by atoms with Crippen LogP contribution in [0.5, 0.6) is 0 Å². The molecule has 8 rings (SSSR count). The molecule has 32 heteroatoms. The van der Waals surface area contributed by atoms with E-state index in [-0.39, 0.29) is 125 Å². The highest BCUT2D eigenvalue weighted by molar-refractivity contribution is 8.07. The second-order valence-electron chi connectivity index (χ2n) is 35.1. The molecule has 4 aliphatic heterocycles. The number of hydrogen-bond acceptors (Lipinski definition) is 24. The fourth-order valence-corrected chi connectivity index (χ4v) is 21.2. The van der Waals surface area contributed by atoms with E-state index in [4.69, 9.17) is 53.6 Å². The number of Topliss-reactive ketones (excluding diaryl/α,β-unsaturated/α-hetero) is 1. The van der Waals surface area contributed by atoms with Gasteiger partial charge in [-0.05, 0) is 180 Å². The minimum Gasteiger partial charge on any atom is -0.446 e. The van der Waals surface area contributed by atoms with Crippen molar-refractivity contribution in [1.82, 2.24) is 25.8 Å². The number of carbonyl (C=O) groups is 6. The van der Waals surface area contributed by atoms with Gasteiger partial charge in [0.25, 0.3) is 0 Å². The van der Waals surface area contributed by atoms with Crippen molar-refractivity contribution in [2.45, 2.75) is 340 Å². The second kappa shape index (κ2) is 47.2. The molecule has 0 bridgehead atoms. The van der Waals surface area contributed by atoms with Crippen LogP contribution in [0, 0.1) is 58.2 Å². The number of amides is 5. The molecule has 0 spiro atoms. The van der Waals surface area contributed by atoms with E-state index in [1.807, 2.05) is 0 Å². The molecule has 4 saturated heterocycles. The van der Waals surface area contributed by atoms with Gasteiger partial charge in [-0.1, -0.05) is 98.6 Å². The molecule has 16 unspecified atom stereocenters. The topological polar surface area (TPSA) is 407 Å². The van der Waals surface area contributed by atoms with E-state index in [1.165, 1.54) is 62.5 Å². The van der Waals surface area contributed by atoms with Crippen LogP contribution < -0.4 is 16.0 Å². The smallest absolute Gasteiger partial charge is 0.446 e. The Kier molecular flexibility index (Phi) is 39.8. The van der Waals surface area contributed by atoms with E-state index in [1.54, 1.807) is 18.7 Å². The number of rotatable bonds is 49. The van der Waals surface area contributed by atoms with Crippen LogP contribution in [0.4, 0.5) is 4.79 Å². The Labute approximate surface area is 682 Å². The summed E-state index contributed by atoms with van der Waals surface area (Å²) in [4.78, 5) is 94.1. The summed E-state index contributed by atoms with van der Waals surface area (Å²) in [6.45, 7) is 12.1. The maximum absolute atomic E-state index is 13.9. The van der Waals surface area contributed by atoms with Gasteiger partial charge in [0.15, 0.2) is 18.4 Å². The van der Waals surface area contributed by atoms with E-state index >= 15 is 0 Å². The van der Waals surface area contributed by atoms with E-state index in [0.717, 1.165) is 55.3 Å². The molecule has 25 atom stereocenters. The zero-order chi connectivity index (χ0) is 82.9. The van der Waals surface area contributed by atoms with Gasteiger partial charge in [0.1, 0.15) is 43.2 Å². The van der Waals surface area contributed by atoms with Gasteiger partial charge < -0.3 is 99.1 Å². The number of aliphatic hydroxyl groups excluding tert-OH is 7. The van der Waals surface area contributed by atoms with Gasteiger partial charge in [-0.3, -0.25) is 24.0 Å². The summed E-state index contributed by atoms with van der Waals surface area (Å²) in [7, 11) is -1.52. The largest absolute Gasteiger partial charge is 0.697 e. The van der Waals surface area contributed by atoms with Crippen molar-refractivity contribution in [3.05, 3.63) is 11.6 Å². The maximum atomic E-state index is 13.9. The molecule has 5 amide bonds. The first-order valence-corrected chi connectivity index (χ1v) is 46.9. The summed E-state index contributed by atoms with van der Waals surface area (Å²) in [6.07, 6.45) is 13.7. The first-order chi connectivity index (χ1) is 54.4. The van der Waals surface area contributed by atoms with Gasteiger partial charge in [-0.15, -0.1) is 9.05 Å². The van der Waals surface area contributed by atoms with Crippen molar-refractivity contribution in [3.8, 4) is 0 Å². The third-order valence-corrected chi connectivity index (χ3v) is 29.1. The number of fused-ring (bicyclic) bond motifs is 5. The van der Waals surface area contributed by atoms with Gasteiger partial charge in [0, 0.05) is 101 Å². The molecule has 4 aliphatic carbocycles. The number of likely N-dealkylation sites (tertiary alicyclic amines) is 2. The molecular weight excluding hydrogens is 1530 g/mol. The van der Waals surface area contributed by atoms with Crippen LogP contribution in [-0.2, 0) is 82.1 Å². The van der Waals surface area contributed by atoms with Crippen molar-refractivity contribution >= 4 is 62.3 Å². The summed E-state index contributed by atoms with van der Waals surface area (Å²) < 4.78 is 64.5. The molecule has 8 aliphatic rings. The molecule has 654 valence electrons. The average molecular weight is 1680 g/mol. The Hall–Kier alpha value is -3.33. The number of ether oxygens (including phenoxy) is 5. The normalized spacial score (nSPS) is 33.3. The van der Waals surface area contributed by atoms with E-state index in [9.17, 15) is 74.0 Å². The fourth-order valence-electron chi connectivity index (χ4n) is 19.8. The number of aliphatic hydroxyl groups is 7. The number of β-amino-alcohol motifs (C(OH)–C–C–N with tert-alkyl or cyclic N) is 1. The van der Waals surface area contributed by atoms with Crippen LogP contribution in [0.25, 0.3) is 0 Å². The molecule has 0 aromatic carbocycles. The van der Waals surface area contributed by atoms with Gasteiger partial charge >= 0.3 is 21.1 Å². The number of allylic oxidation sites excluding steroid dienone is 1. The molecule has 29 nitrogen and oxygen atoms in total. The van der Waals surface area contributed by atoms with Gasteiger partial charge in [0.05, 0.1) is 62.8 Å². The Balaban J connectivity index is 0.708. The highest BCUT2D eigenvalue weighted by atomic mass is 32.5. The number of unbranched alkanes of at least 4 members (excludes halogenated alkanes) is 8. The fraction of sp³-hybridized carbons (Fsp3) is 0.902. The maximum Gasteiger partial charge on any atom is 0.697 e. The lowest BCUT2D eigenvalue weighted by Crippen LogP contribution is -2.55. The molecule has 114 heavy (non-hydrogen) atoms. The Morgan fingerprint density at radius 1 is 0.649 bits per heavy atom. The summed E-state index contributed by atoms with van der Waals surface area (Å²) >= 11 is 5.09. The first-order valence-electron chi connectivity index (χ1n) is 43.2. The van der Waals surface area contributed by atoms with Crippen molar-refractivity contribution in [2.24, 2.45) is 58.2 Å². The van der Waals surface area contributed by atoms with Crippen LogP contribution in [-0.4, -0.2) is 245 Å². The Morgan fingerprint density at radius 3 is 1.87 bits per heavy atom. The molecule has 0 radical (unpaired) electrons. The van der Waals surface area contributed by atoms with Gasteiger partial charge in [0.2, 0.25) is 23.6 Å². The average Bonchev–Trinajstić information content (AvgIpc) is 1.47. The third kappa shape index (κ3) is 27.9. The number of nitrogens with one attached hydrogen (secondary N) is 3. The van der Waals surface area contributed by atoms with Gasteiger partial charge in [-0.2, -0.15) is 0 Å². The highest BCUT2D eigenvalue weighted by Crippen LogP contribution is 2.67. The van der Waals surface area contributed by atoms with E-state index < -0.39 is 126 Å². The predicted octanol–water partition coefficient (Wildman–Crippen LogP) is 9.39. The highest BCUT2D eigenvalue weighted by Gasteiger charge is 2.60. The number of alkyl carbamates (subject to hydrolysis) is 1. The zero-order valence-corrected chi connectivity index (χ0v) is 71.9. The minimum atomic E-state index is -3.60. The molecule has 11 N–H and O–H groups in total. The molecule has 3 saturated carbocycles. The van der Waals surface area contributed by atoms with Crippen LogP contribution in [0.3, 0.4) is 0 Å². The second-order valence-corrected chi connectivity index (χ2v) is 39.0. The standard InChI is InChI=1S/C82H141N5O24P2S/c1-52(2)23-22-24-53(3)63-33-34-64-62-32-31-56-43-60(35-37-81(56,6)65(62)36-38-82(63,64)7)108-80(100)84-40-18-11-14-30-73(95)87-47-61(45-58(87)51-107-113(102,114)103-8)111-112(101)106-50-57-44-59(90)46-86(57)72(94)29-13-10-9-12-26-67(91)66(85-71(93)28-17-21-42-105-79-55(5)75(97)77(99)69(49-89)110-79)25-15-19-39-83-70(92)27-16-20-41-104-78-54(4)74(96)76(98)68(48-88)109-78/h31,52-55,57-66,68-69,74-79,88-90,96-99H,9-30,32-51H2,1-8H3,(H3-,83,84,85,92,93,100,102,114)/p+1/t53-,54?,55?,57?,58+,59-,60+,61-,62?,63-,64?,65?,66+,68?,69?,74?,75?,76?,77?,78?,79?,81+,82-,113?/m1/s1. The molecule has 7 fully saturated rings. The molecular formula is C82H142N5O24P2S+. The summed E-state index contributed by atoms with van der Waals surface area (Å²) in [5.74, 6) is 2.42. The number of hydrogen-bond donors (Lipinski definition) is 11. The lowest BCUT2D eigenvalue weighted by Gasteiger charge is -2.58. The van der Waals surface area contributed by atoms with Crippen molar-refractivity contribution in [2.75, 3.05) is 72.9 Å². The van der Waals surface area contributed by atoms with E-state index in [2.05, 4.69) is 56.6 Å². The SMILES string of the molecule is COP(O)(=S)OC[C@@H]1C[C@@H](O[P+](=O)OCC2C[C@@H](O)CN2C(=O)CCCCCCC(=O)[C@H](CCCCNC(=O)CCCCOC2OC(CO)C(O)C(O)C2C)NC(=O)CCCCOC2OC(CO)C(O)C(O)C2C)CN1C(=O)CCCCCNC(=O)O[C@H]1CC[C@@]2(C)C(=CCC3C2CC[C@@]2(C)C3CC[C@@H]2[C@H](C)CCCC(C)C)C1. The lowest BCUT2D eigenvalue weighted by molar-refractivity contribution is -0.282. The van der Waals surface area contributed by atoms with Crippen LogP contribution in [0.2, 0.25) is 0 Å². The van der Waals surface area contributed by atoms with Crippen LogP contribution in [0.15, 0.2) is 11.6 Å². The first kappa shape index (κ1) is 96.1. The molecule has 0 aromatic heterocycles. The van der Waals surface area contributed by atoms with Gasteiger partial charge in [-0.25, -0.2) is 4.79 Å². The molecule has 0 aromatic rings. The summed E-state index contributed by atoms with van der Waals surface area (Å²) in [5, 5.41) is 79.6. The minimum absolute atomic E-state index is 0.0607. The summed E-state index contributed by atoms with van der Waals surface area (Å²) in [5.41, 5.74) is 2.07. The van der Waals surface area contributed by atoms with Crippen molar-refractivity contribution < 1.29 is 116 Å². The third-order valence-electron chi connectivity index (χ3n) is 26.6. The number of ketones is 1. The van der Waals surface area contributed by atoms with Crippen LogP contribution >= 0.6 is 15.0 Å². The zero-order valence-electron chi connectivity index (χ0n) is 69.3. The van der Waals surface area contributed by atoms with Crippen molar-refractivity contribution in [1.29, 1.82) is 0 Å². The van der Waals surface area contributed by atoms with E-state index in [0.29, 0.717) is 114 Å².